The number of hydrogen-bond donors (Lipinski definition) is 3. The Morgan fingerprint density at radius 2 is 2.12 bits per heavy atom. The largest absolute Gasteiger partial charge is 0.476 e. The molecule has 3 rings (SSSR count). The molecule has 1 heterocycles. The van der Waals surface area contributed by atoms with E-state index in [4.69, 9.17) is 5.11 Å². The highest BCUT2D eigenvalue weighted by Crippen LogP contribution is 2.38. The lowest BCUT2D eigenvalue weighted by molar-refractivity contribution is -0.117. The van der Waals surface area contributed by atoms with E-state index >= 15 is 0 Å². The zero-order valence-corrected chi connectivity index (χ0v) is 15.0. The van der Waals surface area contributed by atoms with E-state index in [2.05, 4.69) is 15.6 Å². The minimum absolute atomic E-state index is 0.00642. The third-order valence-corrected chi connectivity index (χ3v) is 5.14. The number of nitrogens with one attached hydrogen (secondary N) is 2. The van der Waals surface area contributed by atoms with Crippen molar-refractivity contribution in [1.29, 1.82) is 0 Å². The number of amides is 2. The molecule has 0 aliphatic heterocycles. The number of aromatic nitrogens is 1. The molecule has 8 heteroatoms. The summed E-state index contributed by atoms with van der Waals surface area (Å²) < 4.78 is 0. The summed E-state index contributed by atoms with van der Waals surface area (Å²) in [6, 6.07) is 6.80. The average molecular weight is 373 g/mol. The van der Waals surface area contributed by atoms with Crippen LogP contribution in [0, 0.1) is 11.8 Å². The Morgan fingerprint density at radius 1 is 1.35 bits per heavy atom. The fourth-order valence-electron chi connectivity index (χ4n) is 2.57. The van der Waals surface area contributed by atoms with Gasteiger partial charge in [-0.15, -0.1) is 11.3 Å². The summed E-state index contributed by atoms with van der Waals surface area (Å²) >= 11 is 1.25. The SMILES string of the molecule is CC1CC1C(=O)Nc1cccc(C(=O)NCCc2nc(C(=O)O)cs2)c1. The van der Waals surface area contributed by atoms with Crippen LogP contribution in [-0.2, 0) is 11.2 Å². The molecule has 1 fully saturated rings. The lowest BCUT2D eigenvalue weighted by atomic mass is 10.2. The molecule has 26 heavy (non-hydrogen) atoms. The number of carboxylic acid groups (broad SMARTS) is 1. The summed E-state index contributed by atoms with van der Waals surface area (Å²) in [6.45, 7) is 2.39. The van der Waals surface area contributed by atoms with Crippen LogP contribution in [0.25, 0.3) is 0 Å². The summed E-state index contributed by atoms with van der Waals surface area (Å²) in [7, 11) is 0. The van der Waals surface area contributed by atoms with Crippen molar-refractivity contribution in [2.75, 3.05) is 11.9 Å². The first-order valence-corrected chi connectivity index (χ1v) is 9.19. The summed E-state index contributed by atoms with van der Waals surface area (Å²) in [6.07, 6.45) is 1.37. The van der Waals surface area contributed by atoms with Gasteiger partial charge in [-0.25, -0.2) is 9.78 Å². The third-order valence-electron chi connectivity index (χ3n) is 4.23. The smallest absolute Gasteiger partial charge is 0.355 e. The maximum absolute atomic E-state index is 12.2. The summed E-state index contributed by atoms with van der Waals surface area (Å²) in [5, 5.41) is 16.6. The molecule has 1 aliphatic rings. The van der Waals surface area contributed by atoms with Crippen LogP contribution in [0.5, 0.6) is 0 Å². The van der Waals surface area contributed by atoms with E-state index in [1.807, 2.05) is 6.92 Å². The van der Waals surface area contributed by atoms with Crippen LogP contribution in [0.15, 0.2) is 29.6 Å². The molecule has 2 unspecified atom stereocenters. The molecule has 2 atom stereocenters. The molecule has 1 aliphatic carbocycles. The van der Waals surface area contributed by atoms with Crippen LogP contribution < -0.4 is 10.6 Å². The summed E-state index contributed by atoms with van der Waals surface area (Å²) in [5.74, 6) is -0.824. The minimum Gasteiger partial charge on any atom is -0.476 e. The number of hydrogen-bond acceptors (Lipinski definition) is 5. The number of nitrogens with zero attached hydrogens (tertiary/aromatic N) is 1. The molecule has 1 saturated carbocycles. The molecule has 2 aromatic rings. The van der Waals surface area contributed by atoms with E-state index in [1.165, 1.54) is 16.7 Å². The predicted octanol–water partition coefficient (Wildman–Crippen LogP) is 2.41. The van der Waals surface area contributed by atoms with E-state index < -0.39 is 5.97 Å². The topological polar surface area (TPSA) is 108 Å². The number of rotatable bonds is 7. The first kappa shape index (κ1) is 18.1. The second kappa shape index (κ2) is 7.65. The van der Waals surface area contributed by atoms with Crippen LogP contribution >= 0.6 is 11.3 Å². The Bertz CT molecular complexity index is 848. The maximum Gasteiger partial charge on any atom is 0.355 e. The molecule has 7 nitrogen and oxygen atoms in total. The first-order valence-electron chi connectivity index (χ1n) is 8.31. The lowest BCUT2D eigenvalue weighted by Gasteiger charge is -2.08. The van der Waals surface area contributed by atoms with Gasteiger partial charge in [-0.3, -0.25) is 9.59 Å². The lowest BCUT2D eigenvalue weighted by Crippen LogP contribution is -2.26. The number of aromatic carboxylic acids is 1. The second-order valence-corrected chi connectivity index (χ2v) is 7.27. The Balaban J connectivity index is 1.51. The van der Waals surface area contributed by atoms with Crippen molar-refractivity contribution < 1.29 is 19.5 Å². The Morgan fingerprint density at radius 3 is 2.77 bits per heavy atom. The monoisotopic (exact) mass is 373 g/mol. The summed E-state index contributed by atoms with van der Waals surface area (Å²) in [4.78, 5) is 39.0. The van der Waals surface area contributed by atoms with E-state index in [9.17, 15) is 14.4 Å². The van der Waals surface area contributed by atoms with Crippen LogP contribution in [0.4, 0.5) is 5.69 Å². The van der Waals surface area contributed by atoms with Gasteiger partial charge in [-0.1, -0.05) is 13.0 Å². The van der Waals surface area contributed by atoms with Gasteiger partial charge in [0.2, 0.25) is 5.91 Å². The van der Waals surface area contributed by atoms with Crippen molar-refractivity contribution in [3.8, 4) is 0 Å². The van der Waals surface area contributed by atoms with Gasteiger partial charge in [0.15, 0.2) is 5.69 Å². The van der Waals surface area contributed by atoms with Crippen molar-refractivity contribution in [3.63, 3.8) is 0 Å². The molecule has 1 aromatic carbocycles. The second-order valence-electron chi connectivity index (χ2n) is 6.33. The number of anilines is 1. The Hall–Kier alpha value is -2.74. The fraction of sp³-hybridized carbons (Fsp3) is 0.333. The molecule has 0 saturated heterocycles. The normalized spacial score (nSPS) is 18.2. The standard InChI is InChI=1S/C18H19N3O4S/c1-10-7-13(10)17(23)20-12-4-2-3-11(8-12)16(22)19-6-5-15-21-14(9-26-15)18(24)25/h2-4,8-10,13H,5-7H2,1H3,(H,19,22)(H,20,23)(H,24,25). The Kier molecular flexibility index (Phi) is 5.32. The maximum atomic E-state index is 12.2. The molecule has 0 spiro atoms. The molecule has 1 aromatic heterocycles. The van der Waals surface area contributed by atoms with Crippen molar-refractivity contribution in [2.24, 2.45) is 11.8 Å². The van der Waals surface area contributed by atoms with E-state index in [1.54, 1.807) is 24.3 Å². The minimum atomic E-state index is -1.06. The predicted molar refractivity (Wildman–Crippen MR) is 97.5 cm³/mol. The zero-order valence-electron chi connectivity index (χ0n) is 14.2. The van der Waals surface area contributed by atoms with Gasteiger partial charge in [0.1, 0.15) is 0 Å². The summed E-state index contributed by atoms with van der Waals surface area (Å²) in [5.41, 5.74) is 1.08. The van der Waals surface area contributed by atoms with Crippen LogP contribution in [0.2, 0.25) is 0 Å². The number of carbonyl (C=O) groups is 3. The number of benzene rings is 1. The van der Waals surface area contributed by atoms with Crippen molar-refractivity contribution in [3.05, 3.63) is 45.9 Å². The zero-order chi connectivity index (χ0) is 18.7. The van der Waals surface area contributed by atoms with E-state index in [-0.39, 0.29) is 23.4 Å². The molecule has 0 bridgehead atoms. The quantitative estimate of drug-likeness (QED) is 0.691. The van der Waals surface area contributed by atoms with Crippen molar-refractivity contribution in [2.45, 2.75) is 19.8 Å². The first-order chi connectivity index (χ1) is 12.4. The van der Waals surface area contributed by atoms with Crippen LogP contribution in [-0.4, -0.2) is 34.4 Å². The van der Waals surface area contributed by atoms with Crippen LogP contribution in [0.1, 0.15) is 39.2 Å². The molecular weight excluding hydrogens is 354 g/mol. The van der Waals surface area contributed by atoms with Gasteiger partial charge in [0.25, 0.3) is 5.91 Å². The Labute approximate surface area is 154 Å². The molecular formula is C18H19N3O4S. The molecule has 136 valence electrons. The van der Waals surface area contributed by atoms with Gasteiger partial charge in [0.05, 0.1) is 5.01 Å². The van der Waals surface area contributed by atoms with Crippen molar-refractivity contribution >= 4 is 34.8 Å². The molecule has 0 radical (unpaired) electrons. The van der Waals surface area contributed by atoms with E-state index in [0.717, 1.165) is 6.42 Å². The number of carbonyl (C=O) groups excluding carboxylic acids is 2. The van der Waals surface area contributed by atoms with Gasteiger partial charge in [0, 0.05) is 35.5 Å². The van der Waals surface area contributed by atoms with Gasteiger partial charge in [-0.2, -0.15) is 0 Å². The van der Waals surface area contributed by atoms with Crippen molar-refractivity contribution in [1.82, 2.24) is 10.3 Å². The number of thiazole rings is 1. The molecule has 2 amide bonds. The molecule has 3 N–H and O–H groups in total. The highest BCUT2D eigenvalue weighted by atomic mass is 32.1. The highest BCUT2D eigenvalue weighted by molar-refractivity contribution is 7.09. The highest BCUT2D eigenvalue weighted by Gasteiger charge is 2.39. The van der Waals surface area contributed by atoms with Gasteiger partial charge >= 0.3 is 5.97 Å². The van der Waals surface area contributed by atoms with E-state index in [0.29, 0.717) is 35.1 Å². The third kappa shape index (κ3) is 4.45. The average Bonchev–Trinajstić information content (AvgIpc) is 3.15. The van der Waals surface area contributed by atoms with Gasteiger partial charge < -0.3 is 15.7 Å². The van der Waals surface area contributed by atoms with Crippen LogP contribution in [0.3, 0.4) is 0 Å². The fourth-order valence-corrected chi connectivity index (χ4v) is 3.34. The van der Waals surface area contributed by atoms with Gasteiger partial charge in [-0.05, 0) is 30.5 Å². The number of carboxylic acids is 1.